The second-order valence-electron chi connectivity index (χ2n) is 13.7. The van der Waals surface area contributed by atoms with Crippen LogP contribution in [0.25, 0.3) is 0 Å². The van der Waals surface area contributed by atoms with Crippen molar-refractivity contribution in [2.24, 2.45) is 0 Å². The van der Waals surface area contributed by atoms with E-state index in [1.165, 1.54) is 138 Å². The Morgan fingerprint density at radius 1 is 0.634 bits per heavy atom. The van der Waals surface area contributed by atoms with Gasteiger partial charge in [0.15, 0.2) is 0 Å². The summed E-state index contributed by atoms with van der Waals surface area (Å²) < 4.78 is 13.0. The van der Waals surface area contributed by atoms with Crippen LogP contribution in [0.15, 0.2) is 0 Å². The molecule has 2 heterocycles. The van der Waals surface area contributed by atoms with Crippen molar-refractivity contribution in [3.05, 3.63) is 22.5 Å². The van der Waals surface area contributed by atoms with E-state index in [2.05, 4.69) is 62.3 Å². The maximum Gasteiger partial charge on any atom is 0.205 e. The number of hydrogen-bond donors (Lipinski definition) is 0. The molecule has 1 aromatic heterocycles. The van der Waals surface area contributed by atoms with Crippen molar-refractivity contribution in [3.8, 4) is 5.75 Å². The largest absolute Gasteiger partial charge is 0.461 e. The monoisotopic (exact) mass is 609 g/mol. The number of fused-ring (bicyclic) bond motifs is 1. The minimum absolute atomic E-state index is 0.586. The number of unbranched alkanes of at least 4 members (excludes halogenated alkanes) is 6. The fourth-order valence-corrected chi connectivity index (χ4v) is 16.9. The Hall–Kier alpha value is -0.230. The van der Waals surface area contributed by atoms with Gasteiger partial charge < -0.3 is 9.47 Å². The highest BCUT2D eigenvalue weighted by Gasteiger charge is 2.43. The van der Waals surface area contributed by atoms with Crippen LogP contribution >= 0.6 is 14.5 Å². The minimum atomic E-state index is -1.16. The minimum Gasteiger partial charge on any atom is -0.461 e. The standard InChI is InChI=1S/C36H69NO2P2/c1-10-16-22-40(23-17-11-2,24-18-12-3)29-33-32-28-38-36(8,9)39-35(32)31(7)37-34(33)30-41(25-19-13-4,26-20-14-5)27-21-15-6/h10-30H2,1-9H3/q+2. The molecule has 0 N–H and O–H groups in total. The summed E-state index contributed by atoms with van der Waals surface area (Å²) in [6.45, 7) is 21.3. The van der Waals surface area contributed by atoms with Crippen molar-refractivity contribution in [3.63, 3.8) is 0 Å². The molecule has 3 nitrogen and oxygen atoms in total. The van der Waals surface area contributed by atoms with Crippen LogP contribution in [0.2, 0.25) is 0 Å². The quantitative estimate of drug-likeness (QED) is 0.123. The van der Waals surface area contributed by atoms with Crippen LogP contribution < -0.4 is 4.74 Å². The van der Waals surface area contributed by atoms with Gasteiger partial charge in [-0.1, -0.05) is 80.1 Å². The first-order valence-electron chi connectivity index (χ1n) is 17.7. The predicted octanol–water partition coefficient (Wildman–Crippen LogP) is 11.9. The molecule has 0 aromatic carbocycles. The van der Waals surface area contributed by atoms with Crippen molar-refractivity contribution in [1.29, 1.82) is 0 Å². The lowest BCUT2D eigenvalue weighted by Crippen LogP contribution is -2.36. The van der Waals surface area contributed by atoms with Gasteiger partial charge in [0.2, 0.25) is 5.79 Å². The van der Waals surface area contributed by atoms with Crippen LogP contribution in [-0.4, -0.2) is 47.7 Å². The normalized spacial score (nSPS) is 15.1. The molecule has 0 bridgehead atoms. The lowest BCUT2D eigenvalue weighted by Gasteiger charge is -2.37. The highest BCUT2D eigenvalue weighted by Crippen LogP contribution is 2.67. The summed E-state index contributed by atoms with van der Waals surface area (Å²) in [6.07, 6.45) is 27.3. The van der Waals surface area contributed by atoms with E-state index in [-0.39, 0.29) is 0 Å². The Labute approximate surface area is 257 Å². The lowest BCUT2D eigenvalue weighted by atomic mass is 10.0. The Morgan fingerprint density at radius 2 is 1.02 bits per heavy atom. The summed E-state index contributed by atoms with van der Waals surface area (Å²) in [5.74, 6) is 0.455. The van der Waals surface area contributed by atoms with Crippen molar-refractivity contribution < 1.29 is 9.47 Å². The summed E-state index contributed by atoms with van der Waals surface area (Å²) in [5, 5.41) is 0. The summed E-state index contributed by atoms with van der Waals surface area (Å²) in [6, 6.07) is 0. The van der Waals surface area contributed by atoms with E-state index in [9.17, 15) is 0 Å². The van der Waals surface area contributed by atoms with Gasteiger partial charge >= 0.3 is 0 Å². The van der Waals surface area contributed by atoms with Gasteiger partial charge in [0.1, 0.15) is 11.9 Å². The van der Waals surface area contributed by atoms with E-state index in [4.69, 9.17) is 14.5 Å². The molecule has 0 atom stereocenters. The molecule has 1 aliphatic rings. The van der Waals surface area contributed by atoms with Gasteiger partial charge in [-0.3, -0.25) is 0 Å². The summed E-state index contributed by atoms with van der Waals surface area (Å²) in [7, 11) is -2.29. The van der Waals surface area contributed by atoms with Crippen molar-refractivity contribution >= 4 is 14.5 Å². The third-order valence-electron chi connectivity index (χ3n) is 9.42. The molecular weight excluding hydrogens is 540 g/mol. The third kappa shape index (κ3) is 11.3. The highest BCUT2D eigenvalue weighted by atomic mass is 31.2. The number of ether oxygens (including phenoxy) is 2. The predicted molar refractivity (Wildman–Crippen MR) is 188 cm³/mol. The van der Waals surface area contributed by atoms with E-state index in [1.807, 2.05) is 0 Å². The number of hydrogen-bond acceptors (Lipinski definition) is 3. The van der Waals surface area contributed by atoms with Crippen LogP contribution in [0.1, 0.15) is 155 Å². The van der Waals surface area contributed by atoms with E-state index in [1.54, 1.807) is 5.56 Å². The fraction of sp³-hybridized carbons (Fsp3) is 0.861. The third-order valence-corrected chi connectivity index (χ3v) is 19.0. The first-order valence-corrected chi connectivity index (χ1v) is 22.7. The fourth-order valence-electron chi connectivity index (χ4n) is 6.74. The highest BCUT2D eigenvalue weighted by molar-refractivity contribution is 7.75. The number of nitrogens with zero attached hydrogens (tertiary/aromatic N) is 1. The average molecular weight is 610 g/mol. The molecule has 238 valence electrons. The zero-order valence-electron chi connectivity index (χ0n) is 29.0. The molecule has 2 rings (SSSR count). The summed E-state index contributed by atoms with van der Waals surface area (Å²) >= 11 is 0. The number of aromatic nitrogens is 1. The van der Waals surface area contributed by atoms with Crippen LogP contribution in [0.4, 0.5) is 0 Å². The van der Waals surface area contributed by atoms with Gasteiger partial charge in [0, 0.05) is 39.5 Å². The second kappa shape index (κ2) is 18.5. The van der Waals surface area contributed by atoms with Gasteiger partial charge in [0.05, 0.1) is 61.1 Å². The second-order valence-corrected chi connectivity index (χ2v) is 22.4. The van der Waals surface area contributed by atoms with Gasteiger partial charge in [-0.15, -0.1) is 0 Å². The van der Waals surface area contributed by atoms with E-state index < -0.39 is 20.3 Å². The Kier molecular flexibility index (Phi) is 16.7. The summed E-state index contributed by atoms with van der Waals surface area (Å²) in [5.41, 5.74) is 5.49. The first-order chi connectivity index (χ1) is 19.6. The Morgan fingerprint density at radius 3 is 1.41 bits per heavy atom. The maximum atomic E-state index is 6.57. The zero-order chi connectivity index (χ0) is 30.4. The van der Waals surface area contributed by atoms with Crippen molar-refractivity contribution in [1.82, 2.24) is 4.98 Å². The molecule has 0 fully saturated rings. The van der Waals surface area contributed by atoms with Gasteiger partial charge in [-0.25, -0.2) is 4.98 Å². The molecule has 0 spiro atoms. The Bertz CT molecular complexity index is 841. The molecule has 0 aliphatic carbocycles. The van der Waals surface area contributed by atoms with Gasteiger partial charge in [0.25, 0.3) is 0 Å². The SMILES string of the molecule is CCCC[P+](CCCC)(CCCC)Cc1nc(C)c2c(c1C[P+](CCCC)(CCCC)CCCC)COC(C)(C)O2. The molecule has 0 unspecified atom stereocenters. The van der Waals surface area contributed by atoms with Gasteiger partial charge in [-0.05, 0) is 45.4 Å². The van der Waals surface area contributed by atoms with E-state index >= 15 is 0 Å². The molecule has 1 aromatic rings. The zero-order valence-corrected chi connectivity index (χ0v) is 30.8. The van der Waals surface area contributed by atoms with Gasteiger partial charge in [-0.2, -0.15) is 0 Å². The molecule has 0 saturated carbocycles. The number of pyridine rings is 1. The van der Waals surface area contributed by atoms with E-state index in [0.717, 1.165) is 11.4 Å². The lowest BCUT2D eigenvalue weighted by molar-refractivity contribution is -0.180. The van der Waals surface area contributed by atoms with Crippen molar-refractivity contribution in [2.75, 3.05) is 37.0 Å². The molecule has 0 saturated heterocycles. The van der Waals surface area contributed by atoms with E-state index in [0.29, 0.717) is 6.61 Å². The number of aryl methyl sites for hydroxylation is 1. The molecule has 41 heavy (non-hydrogen) atoms. The molecule has 0 radical (unpaired) electrons. The molecule has 0 amide bonds. The van der Waals surface area contributed by atoms with Crippen LogP contribution in [0.3, 0.4) is 0 Å². The van der Waals surface area contributed by atoms with Crippen LogP contribution in [0, 0.1) is 6.92 Å². The first kappa shape index (κ1) is 37.0. The van der Waals surface area contributed by atoms with Crippen LogP contribution in [-0.2, 0) is 23.7 Å². The molecule has 1 aliphatic heterocycles. The maximum absolute atomic E-state index is 6.57. The smallest absolute Gasteiger partial charge is 0.205 e. The topological polar surface area (TPSA) is 31.4 Å². The van der Waals surface area contributed by atoms with Crippen molar-refractivity contribution in [2.45, 2.75) is 164 Å². The average Bonchev–Trinajstić information content (AvgIpc) is 2.96. The number of rotatable bonds is 22. The molecule has 5 heteroatoms. The Balaban J connectivity index is 2.73. The van der Waals surface area contributed by atoms with Crippen LogP contribution in [0.5, 0.6) is 5.75 Å². The summed E-state index contributed by atoms with van der Waals surface area (Å²) in [4.78, 5) is 5.55. The molecular formula is C36H69NO2P2+2.